The van der Waals surface area contributed by atoms with Crippen molar-refractivity contribution in [2.24, 2.45) is 0 Å². The predicted octanol–water partition coefficient (Wildman–Crippen LogP) is 5.84. The Bertz CT molecular complexity index is 728. The molecule has 0 spiro atoms. The molecule has 0 saturated heterocycles. The van der Waals surface area contributed by atoms with E-state index in [1.807, 2.05) is 68.4 Å². The van der Waals surface area contributed by atoms with Crippen molar-refractivity contribution in [1.29, 1.82) is 0 Å². The Morgan fingerprint density at radius 2 is 1.33 bits per heavy atom. The van der Waals surface area contributed by atoms with E-state index in [9.17, 15) is 4.79 Å². The number of carbonyl (C=O) groups is 1. The lowest BCUT2D eigenvalue weighted by atomic mass is 9.80. The topological polar surface area (TPSA) is 83.5 Å². The summed E-state index contributed by atoms with van der Waals surface area (Å²) in [5.41, 5.74) is 0.161. The number of hydrogen-bond donors (Lipinski definition) is 1. The Morgan fingerprint density at radius 3 is 1.73 bits per heavy atom. The van der Waals surface area contributed by atoms with Crippen LogP contribution in [0.15, 0.2) is 24.3 Å². The van der Waals surface area contributed by atoms with Crippen molar-refractivity contribution in [1.82, 2.24) is 0 Å². The highest BCUT2D eigenvalue weighted by atomic mass is 17.3. The first kappa shape index (κ1) is 26.3. The summed E-state index contributed by atoms with van der Waals surface area (Å²) in [5.74, 6) is -2.19. The molecule has 0 radical (unpaired) electrons. The van der Waals surface area contributed by atoms with Crippen LogP contribution in [-0.4, -0.2) is 28.2 Å². The van der Waals surface area contributed by atoms with Gasteiger partial charge in [0.2, 0.25) is 5.79 Å². The minimum atomic E-state index is -1.37. The predicted molar refractivity (Wildman–Crippen MR) is 114 cm³/mol. The molecule has 7 nitrogen and oxygen atoms in total. The van der Waals surface area contributed by atoms with Crippen LogP contribution in [0.5, 0.6) is 0 Å². The second kappa shape index (κ2) is 9.58. The molecule has 1 aromatic carbocycles. The van der Waals surface area contributed by atoms with Crippen LogP contribution in [-0.2, 0) is 29.9 Å². The van der Waals surface area contributed by atoms with Gasteiger partial charge in [0.1, 0.15) is 0 Å². The molecule has 0 saturated carbocycles. The number of hydrogen-bond acceptors (Lipinski definition) is 7. The average Bonchev–Trinajstić information content (AvgIpc) is 2.60. The van der Waals surface area contributed by atoms with Crippen molar-refractivity contribution < 1.29 is 34.5 Å². The molecule has 0 aliphatic carbocycles. The highest BCUT2D eigenvalue weighted by molar-refractivity contribution is 5.92. The summed E-state index contributed by atoms with van der Waals surface area (Å²) in [4.78, 5) is 38.1. The third-order valence-electron chi connectivity index (χ3n) is 3.63. The van der Waals surface area contributed by atoms with Crippen LogP contribution in [0, 0.1) is 0 Å². The van der Waals surface area contributed by atoms with Gasteiger partial charge in [-0.2, -0.15) is 15.0 Å². The minimum absolute atomic E-state index is 0.271. The molecule has 1 N–H and O–H groups in total. The van der Waals surface area contributed by atoms with Gasteiger partial charge in [0.05, 0.1) is 16.8 Å². The highest BCUT2D eigenvalue weighted by Crippen LogP contribution is 2.32. The van der Waals surface area contributed by atoms with Gasteiger partial charge in [0.25, 0.3) is 0 Å². The van der Waals surface area contributed by atoms with Gasteiger partial charge in [-0.3, -0.25) is 4.89 Å². The molecule has 7 heteroatoms. The molecule has 170 valence electrons. The summed E-state index contributed by atoms with van der Waals surface area (Å²) < 4.78 is 0. The molecular formula is C23H36O7. The first-order chi connectivity index (χ1) is 13.5. The van der Waals surface area contributed by atoms with Gasteiger partial charge in [0, 0.05) is 0 Å². The van der Waals surface area contributed by atoms with Crippen LogP contribution in [0.4, 0.5) is 0 Å². The SMILES string of the molecule is CC(C)(C)OOC(C)(C=Cc1cccc(C(=O)OO)c1C(C)(C)C)OOC(C)(C)C. The monoisotopic (exact) mass is 424 g/mol. The molecule has 0 fully saturated rings. The fraction of sp³-hybridized carbons (Fsp3) is 0.609. The summed E-state index contributed by atoms with van der Waals surface area (Å²) in [6.07, 6.45) is 3.40. The van der Waals surface area contributed by atoms with Crippen LogP contribution < -0.4 is 0 Å². The first-order valence-electron chi connectivity index (χ1n) is 9.90. The van der Waals surface area contributed by atoms with Crippen molar-refractivity contribution >= 4 is 12.0 Å². The van der Waals surface area contributed by atoms with Crippen molar-refractivity contribution in [2.75, 3.05) is 0 Å². The second-order valence-corrected chi connectivity index (χ2v) is 10.3. The highest BCUT2D eigenvalue weighted by Gasteiger charge is 2.32. The Kier molecular flexibility index (Phi) is 8.38. The zero-order valence-corrected chi connectivity index (χ0v) is 19.8. The van der Waals surface area contributed by atoms with E-state index in [4.69, 9.17) is 24.8 Å². The number of carbonyl (C=O) groups excluding carboxylic acids is 1. The molecular weight excluding hydrogens is 388 g/mol. The molecule has 0 amide bonds. The second-order valence-electron chi connectivity index (χ2n) is 10.3. The maximum atomic E-state index is 12.1. The Hall–Kier alpha value is -1.77. The van der Waals surface area contributed by atoms with Crippen LogP contribution in [0.2, 0.25) is 0 Å². The zero-order valence-electron chi connectivity index (χ0n) is 19.8. The Labute approximate surface area is 179 Å². The molecule has 0 atom stereocenters. The van der Waals surface area contributed by atoms with E-state index in [0.29, 0.717) is 5.56 Å². The molecule has 0 heterocycles. The van der Waals surface area contributed by atoms with E-state index in [-0.39, 0.29) is 5.56 Å². The third kappa shape index (κ3) is 8.53. The molecule has 1 aromatic rings. The third-order valence-corrected chi connectivity index (χ3v) is 3.63. The fourth-order valence-corrected chi connectivity index (χ4v) is 2.49. The molecule has 0 unspecified atom stereocenters. The van der Waals surface area contributed by atoms with E-state index in [2.05, 4.69) is 4.89 Å². The van der Waals surface area contributed by atoms with Gasteiger partial charge in [-0.1, -0.05) is 39.0 Å². The van der Waals surface area contributed by atoms with Crippen molar-refractivity contribution in [3.63, 3.8) is 0 Å². The normalized spacial score (nSPS) is 13.7. The summed E-state index contributed by atoms with van der Waals surface area (Å²) >= 11 is 0. The fourth-order valence-electron chi connectivity index (χ4n) is 2.49. The van der Waals surface area contributed by atoms with E-state index in [0.717, 1.165) is 5.56 Å². The molecule has 0 aliphatic rings. The standard InChI is InChI=1S/C23H36O7/c1-20(2,3)18-16(12-11-13-17(18)19(24)26-25)14-15-23(10,29-27-21(4,5)6)30-28-22(7,8)9/h11-15,25H,1-10H3. The average molecular weight is 425 g/mol. The Balaban J connectivity index is 3.38. The maximum Gasteiger partial charge on any atom is 0.373 e. The number of benzene rings is 1. The van der Waals surface area contributed by atoms with Crippen LogP contribution in [0.3, 0.4) is 0 Å². The first-order valence-corrected chi connectivity index (χ1v) is 9.90. The van der Waals surface area contributed by atoms with E-state index in [1.165, 1.54) is 0 Å². The molecule has 30 heavy (non-hydrogen) atoms. The summed E-state index contributed by atoms with van der Waals surface area (Å²) in [5, 5.41) is 8.88. The molecule has 0 bridgehead atoms. The largest absolute Gasteiger partial charge is 0.373 e. The molecule has 1 rings (SSSR count). The van der Waals surface area contributed by atoms with Crippen molar-refractivity contribution in [3.8, 4) is 0 Å². The lowest BCUT2D eigenvalue weighted by molar-refractivity contribution is -0.522. The van der Waals surface area contributed by atoms with Gasteiger partial charge in [-0.15, -0.1) is 0 Å². The van der Waals surface area contributed by atoms with E-state index in [1.54, 1.807) is 31.2 Å². The van der Waals surface area contributed by atoms with E-state index >= 15 is 0 Å². The van der Waals surface area contributed by atoms with Gasteiger partial charge >= 0.3 is 5.97 Å². The van der Waals surface area contributed by atoms with Crippen molar-refractivity contribution in [3.05, 3.63) is 41.0 Å². The van der Waals surface area contributed by atoms with Gasteiger partial charge in [-0.25, -0.2) is 14.6 Å². The van der Waals surface area contributed by atoms with Crippen LogP contribution in [0.1, 0.15) is 90.7 Å². The molecule has 0 aromatic heterocycles. The lowest BCUT2D eigenvalue weighted by Crippen LogP contribution is -2.37. The maximum absolute atomic E-state index is 12.1. The summed E-state index contributed by atoms with van der Waals surface area (Å²) in [6, 6.07) is 5.16. The van der Waals surface area contributed by atoms with Crippen LogP contribution >= 0.6 is 0 Å². The summed E-state index contributed by atoms with van der Waals surface area (Å²) in [7, 11) is 0. The van der Waals surface area contributed by atoms with Gasteiger partial charge in [-0.05, 0) is 77.2 Å². The smallest absolute Gasteiger partial charge is 0.295 e. The van der Waals surface area contributed by atoms with Crippen molar-refractivity contribution in [2.45, 2.75) is 91.6 Å². The summed E-state index contributed by atoms with van der Waals surface area (Å²) in [6.45, 7) is 18.7. The van der Waals surface area contributed by atoms with Gasteiger partial charge in [0.15, 0.2) is 0 Å². The Morgan fingerprint density at radius 1 is 0.833 bits per heavy atom. The van der Waals surface area contributed by atoms with E-state index < -0.39 is 28.4 Å². The zero-order chi connectivity index (χ0) is 23.4. The quantitative estimate of drug-likeness (QED) is 0.334. The minimum Gasteiger partial charge on any atom is -0.295 e. The number of rotatable bonds is 7. The molecule has 0 aliphatic heterocycles. The lowest BCUT2D eigenvalue weighted by Gasteiger charge is -2.31. The van der Waals surface area contributed by atoms with Gasteiger partial charge < -0.3 is 0 Å². The van der Waals surface area contributed by atoms with Crippen LogP contribution in [0.25, 0.3) is 6.08 Å².